The number of oxime groups is 1. The van der Waals surface area contributed by atoms with Gasteiger partial charge in [-0.3, -0.25) is 0 Å². The van der Waals surface area contributed by atoms with E-state index in [2.05, 4.69) is 10.1 Å². The van der Waals surface area contributed by atoms with E-state index in [0.717, 1.165) is 0 Å². The Morgan fingerprint density at radius 2 is 2.57 bits per heavy atom. The van der Waals surface area contributed by atoms with Crippen molar-refractivity contribution in [3.63, 3.8) is 0 Å². The zero-order chi connectivity index (χ0) is 10.4. The van der Waals surface area contributed by atoms with E-state index in [1.165, 1.54) is 0 Å². The molecule has 1 aromatic rings. The second-order valence-corrected chi connectivity index (χ2v) is 2.63. The highest BCUT2D eigenvalue weighted by Crippen LogP contribution is 1.97. The van der Waals surface area contributed by atoms with E-state index in [9.17, 15) is 0 Å². The van der Waals surface area contributed by atoms with Gasteiger partial charge in [-0.05, 0) is 6.92 Å². The smallest absolute Gasteiger partial charge is 0.206 e. The summed E-state index contributed by atoms with van der Waals surface area (Å²) in [5, 5.41) is 11.4. The molecule has 0 amide bonds. The lowest BCUT2D eigenvalue weighted by Gasteiger charge is -2.05. The van der Waals surface area contributed by atoms with Gasteiger partial charge in [0, 0.05) is 25.5 Å². The molecule has 0 bridgehead atoms. The Bertz CT molecular complexity index is 308. The van der Waals surface area contributed by atoms with Gasteiger partial charge in [0.15, 0.2) is 5.82 Å². The Kier molecular flexibility index (Phi) is 3.93. The van der Waals surface area contributed by atoms with Gasteiger partial charge in [0.25, 0.3) is 0 Å². The Hall–Kier alpha value is -1.56. The molecule has 0 aromatic carbocycles. The monoisotopic (exact) mass is 198 g/mol. The minimum Gasteiger partial charge on any atom is -0.409 e. The van der Waals surface area contributed by atoms with Crippen LogP contribution in [0.15, 0.2) is 17.5 Å². The molecule has 1 rings (SSSR count). The normalized spacial score (nSPS) is 11.9. The minimum atomic E-state index is 0.00602. The van der Waals surface area contributed by atoms with E-state index in [-0.39, 0.29) is 5.84 Å². The predicted octanol–water partition coefficient (Wildman–Crippen LogP) is 0.0141. The number of hydrogen-bond donors (Lipinski definition) is 2. The lowest BCUT2D eigenvalue weighted by atomic mass is 10.5. The number of nitrogens with two attached hydrogens (primary N) is 1. The van der Waals surface area contributed by atoms with Crippen LogP contribution in [-0.4, -0.2) is 33.8 Å². The van der Waals surface area contributed by atoms with Crippen molar-refractivity contribution in [3.8, 4) is 0 Å². The lowest BCUT2D eigenvalue weighted by Crippen LogP contribution is -2.20. The predicted molar refractivity (Wildman–Crippen MR) is 51.2 cm³/mol. The van der Waals surface area contributed by atoms with Crippen LogP contribution in [0.4, 0.5) is 0 Å². The first kappa shape index (κ1) is 10.5. The molecule has 6 heteroatoms. The molecular formula is C8H14N4O2. The summed E-state index contributed by atoms with van der Waals surface area (Å²) in [5.41, 5.74) is 5.42. The molecule has 0 saturated carbocycles. The van der Waals surface area contributed by atoms with Crippen LogP contribution in [0.5, 0.6) is 0 Å². The van der Waals surface area contributed by atoms with Crippen molar-refractivity contribution < 1.29 is 9.94 Å². The topological polar surface area (TPSA) is 85.7 Å². The Morgan fingerprint density at radius 1 is 1.79 bits per heavy atom. The standard InChI is InChI=1S/C8H14N4O2/c1-2-14-6-5-12-4-3-10-8(12)7(9)11-13/h3-4,13H,2,5-6H2,1H3,(H2,9,11). The number of aromatic nitrogens is 2. The zero-order valence-corrected chi connectivity index (χ0v) is 8.05. The highest BCUT2D eigenvalue weighted by Gasteiger charge is 2.06. The van der Waals surface area contributed by atoms with Gasteiger partial charge in [-0.15, -0.1) is 0 Å². The van der Waals surface area contributed by atoms with Crippen molar-refractivity contribution in [1.29, 1.82) is 0 Å². The molecular weight excluding hydrogens is 184 g/mol. The second-order valence-electron chi connectivity index (χ2n) is 2.63. The summed E-state index contributed by atoms with van der Waals surface area (Å²) in [4.78, 5) is 3.96. The lowest BCUT2D eigenvalue weighted by molar-refractivity contribution is 0.139. The van der Waals surface area contributed by atoms with Gasteiger partial charge in [-0.25, -0.2) is 4.98 Å². The summed E-state index contributed by atoms with van der Waals surface area (Å²) in [7, 11) is 0. The van der Waals surface area contributed by atoms with Crippen LogP contribution in [0.3, 0.4) is 0 Å². The molecule has 1 heterocycles. The van der Waals surface area contributed by atoms with Crippen molar-refractivity contribution in [2.45, 2.75) is 13.5 Å². The molecule has 0 radical (unpaired) electrons. The summed E-state index contributed by atoms with van der Waals surface area (Å²) < 4.78 is 6.95. The van der Waals surface area contributed by atoms with E-state index in [0.29, 0.717) is 25.6 Å². The van der Waals surface area contributed by atoms with Crippen molar-refractivity contribution in [3.05, 3.63) is 18.2 Å². The summed E-state index contributed by atoms with van der Waals surface area (Å²) in [6.07, 6.45) is 3.35. The van der Waals surface area contributed by atoms with E-state index >= 15 is 0 Å². The molecule has 6 nitrogen and oxygen atoms in total. The van der Waals surface area contributed by atoms with Gasteiger partial charge in [0.2, 0.25) is 5.84 Å². The van der Waals surface area contributed by atoms with Crippen molar-refractivity contribution in [2.24, 2.45) is 10.9 Å². The Morgan fingerprint density at radius 3 is 3.21 bits per heavy atom. The van der Waals surface area contributed by atoms with Crippen LogP contribution >= 0.6 is 0 Å². The highest BCUT2D eigenvalue weighted by molar-refractivity contribution is 5.93. The molecule has 1 aromatic heterocycles. The van der Waals surface area contributed by atoms with Crippen molar-refractivity contribution in [1.82, 2.24) is 9.55 Å². The van der Waals surface area contributed by atoms with Gasteiger partial charge in [0.1, 0.15) is 0 Å². The molecule has 0 unspecified atom stereocenters. The summed E-state index contributed by atoms with van der Waals surface area (Å²) >= 11 is 0. The molecule has 0 fully saturated rings. The van der Waals surface area contributed by atoms with E-state index < -0.39 is 0 Å². The summed E-state index contributed by atoms with van der Waals surface area (Å²) in [6, 6.07) is 0. The number of hydrogen-bond acceptors (Lipinski definition) is 4. The third-order valence-electron chi connectivity index (χ3n) is 1.73. The second kappa shape index (κ2) is 5.23. The van der Waals surface area contributed by atoms with Crippen LogP contribution in [-0.2, 0) is 11.3 Å². The molecule has 14 heavy (non-hydrogen) atoms. The maximum Gasteiger partial charge on any atom is 0.206 e. The van der Waals surface area contributed by atoms with Gasteiger partial charge >= 0.3 is 0 Å². The number of amidine groups is 1. The maximum absolute atomic E-state index is 8.48. The molecule has 0 atom stereocenters. The Labute approximate surface area is 82.0 Å². The zero-order valence-electron chi connectivity index (χ0n) is 8.05. The third-order valence-corrected chi connectivity index (χ3v) is 1.73. The fourth-order valence-electron chi connectivity index (χ4n) is 1.07. The molecule has 78 valence electrons. The van der Waals surface area contributed by atoms with Gasteiger partial charge in [0.05, 0.1) is 6.61 Å². The molecule has 0 saturated heterocycles. The summed E-state index contributed by atoms with van der Waals surface area (Å²) in [6.45, 7) is 3.82. The molecule has 0 aliphatic heterocycles. The average molecular weight is 198 g/mol. The van der Waals surface area contributed by atoms with Crippen molar-refractivity contribution >= 4 is 5.84 Å². The molecule has 0 spiro atoms. The van der Waals surface area contributed by atoms with E-state index in [1.54, 1.807) is 17.0 Å². The minimum absolute atomic E-state index is 0.00602. The number of rotatable bonds is 5. The highest BCUT2D eigenvalue weighted by atomic mass is 16.5. The average Bonchev–Trinajstić information content (AvgIpc) is 2.65. The van der Waals surface area contributed by atoms with E-state index in [4.69, 9.17) is 15.7 Å². The van der Waals surface area contributed by atoms with Gasteiger partial charge < -0.3 is 20.2 Å². The van der Waals surface area contributed by atoms with Crippen molar-refractivity contribution in [2.75, 3.05) is 13.2 Å². The third kappa shape index (κ3) is 2.46. The van der Waals surface area contributed by atoms with Gasteiger partial charge in [-0.1, -0.05) is 5.16 Å². The van der Waals surface area contributed by atoms with Gasteiger partial charge in [-0.2, -0.15) is 0 Å². The van der Waals surface area contributed by atoms with Crippen LogP contribution < -0.4 is 5.73 Å². The van der Waals surface area contributed by atoms with Crippen LogP contribution in [0.25, 0.3) is 0 Å². The molecule has 3 N–H and O–H groups in total. The molecule has 0 aliphatic rings. The first-order chi connectivity index (χ1) is 6.79. The van der Waals surface area contributed by atoms with E-state index in [1.807, 2.05) is 6.92 Å². The quantitative estimate of drug-likeness (QED) is 0.229. The van der Waals surface area contributed by atoms with Crippen LogP contribution in [0.2, 0.25) is 0 Å². The number of nitrogens with zero attached hydrogens (tertiary/aromatic N) is 3. The van der Waals surface area contributed by atoms with Crippen LogP contribution in [0.1, 0.15) is 12.7 Å². The Balaban J connectivity index is 2.63. The fraction of sp³-hybridized carbons (Fsp3) is 0.500. The fourth-order valence-corrected chi connectivity index (χ4v) is 1.07. The number of imidazole rings is 1. The first-order valence-corrected chi connectivity index (χ1v) is 4.36. The first-order valence-electron chi connectivity index (χ1n) is 4.36. The SMILES string of the molecule is CCOCCn1ccnc1C(N)=NO. The molecule has 0 aliphatic carbocycles. The largest absolute Gasteiger partial charge is 0.409 e. The maximum atomic E-state index is 8.48. The van der Waals surface area contributed by atoms with Crippen LogP contribution in [0, 0.1) is 0 Å². The summed E-state index contributed by atoms with van der Waals surface area (Å²) in [5.74, 6) is 0.457. The number of ether oxygens (including phenoxy) is 1.